The molecule has 0 saturated carbocycles. The fourth-order valence-corrected chi connectivity index (χ4v) is 5.92. The molecule has 6 nitrogen and oxygen atoms in total. The Balaban J connectivity index is 1.21. The van der Waals surface area contributed by atoms with Crippen molar-refractivity contribution in [3.8, 4) is 5.75 Å². The fraction of sp³-hybridized carbons (Fsp3) is 0.320. The molecule has 1 aliphatic rings. The smallest absolute Gasteiger partial charge is 0.223 e. The zero-order valence-electron chi connectivity index (χ0n) is 18.2. The van der Waals surface area contributed by atoms with Gasteiger partial charge in [0, 0.05) is 24.0 Å². The molecule has 1 heterocycles. The second-order valence-corrected chi connectivity index (χ2v) is 10.5. The molecule has 1 saturated heterocycles. The van der Waals surface area contributed by atoms with Crippen LogP contribution in [0.1, 0.15) is 18.4 Å². The third-order valence-corrected chi connectivity index (χ3v) is 8.10. The zero-order valence-corrected chi connectivity index (χ0v) is 19.8. The molecule has 0 aliphatic carbocycles. The highest BCUT2D eigenvalue weighted by atomic mass is 35.5. The molecule has 4 rings (SSSR count). The van der Waals surface area contributed by atoms with E-state index in [0.29, 0.717) is 49.7 Å². The summed E-state index contributed by atoms with van der Waals surface area (Å²) in [5, 5.41) is 5.61. The van der Waals surface area contributed by atoms with Gasteiger partial charge in [0.2, 0.25) is 15.9 Å². The Labute approximate surface area is 199 Å². The van der Waals surface area contributed by atoms with Gasteiger partial charge in [0.1, 0.15) is 12.4 Å². The molecule has 3 aromatic carbocycles. The molecule has 8 heteroatoms. The normalized spacial score (nSPS) is 15.4. The lowest BCUT2D eigenvalue weighted by molar-refractivity contribution is -0.126. The number of piperidine rings is 1. The molecule has 1 N–H and O–H groups in total. The summed E-state index contributed by atoms with van der Waals surface area (Å²) in [7, 11) is -3.48. The van der Waals surface area contributed by atoms with E-state index in [2.05, 4.69) is 5.32 Å². The number of nitrogens with one attached hydrogen (secondary N) is 1. The lowest BCUT2D eigenvalue weighted by Crippen LogP contribution is -2.43. The number of halogens is 1. The van der Waals surface area contributed by atoms with Crippen molar-refractivity contribution in [2.75, 3.05) is 26.2 Å². The van der Waals surface area contributed by atoms with Crippen molar-refractivity contribution in [3.63, 3.8) is 0 Å². The average Bonchev–Trinajstić information content (AvgIpc) is 2.83. The van der Waals surface area contributed by atoms with E-state index < -0.39 is 10.0 Å². The van der Waals surface area contributed by atoms with Crippen LogP contribution in [0.5, 0.6) is 5.75 Å². The van der Waals surface area contributed by atoms with E-state index in [4.69, 9.17) is 16.3 Å². The first-order valence-electron chi connectivity index (χ1n) is 11.0. The van der Waals surface area contributed by atoms with E-state index in [1.54, 1.807) is 24.3 Å². The number of hydrogen-bond donors (Lipinski definition) is 1. The third-order valence-electron chi connectivity index (χ3n) is 5.90. The molecule has 1 aliphatic heterocycles. The lowest BCUT2D eigenvalue weighted by Gasteiger charge is -2.30. The number of hydrogen-bond acceptors (Lipinski definition) is 4. The lowest BCUT2D eigenvalue weighted by atomic mass is 9.97. The van der Waals surface area contributed by atoms with Gasteiger partial charge in [0.05, 0.1) is 12.3 Å². The van der Waals surface area contributed by atoms with Gasteiger partial charge in [-0.1, -0.05) is 60.1 Å². The minimum absolute atomic E-state index is 0.0553. The molecule has 0 unspecified atom stereocenters. The fourth-order valence-electron chi connectivity index (χ4n) is 4.04. The van der Waals surface area contributed by atoms with Gasteiger partial charge in [0.15, 0.2) is 0 Å². The van der Waals surface area contributed by atoms with Crippen LogP contribution in [0.2, 0.25) is 5.02 Å². The Kier molecular flexibility index (Phi) is 7.53. The van der Waals surface area contributed by atoms with Crippen molar-refractivity contribution in [1.82, 2.24) is 9.62 Å². The summed E-state index contributed by atoms with van der Waals surface area (Å²) in [6, 6.07) is 20.9. The number of sulfonamides is 1. The van der Waals surface area contributed by atoms with E-state index >= 15 is 0 Å². The van der Waals surface area contributed by atoms with Gasteiger partial charge in [-0.2, -0.15) is 0 Å². The number of carbonyl (C=O) groups is 1. The maximum atomic E-state index is 12.8. The van der Waals surface area contributed by atoms with E-state index in [-0.39, 0.29) is 17.6 Å². The Morgan fingerprint density at radius 2 is 1.70 bits per heavy atom. The molecule has 0 bridgehead atoms. The van der Waals surface area contributed by atoms with Gasteiger partial charge in [-0.3, -0.25) is 4.79 Å². The summed E-state index contributed by atoms with van der Waals surface area (Å²) < 4.78 is 32.8. The average molecular weight is 487 g/mol. The van der Waals surface area contributed by atoms with Crippen LogP contribution in [0, 0.1) is 5.92 Å². The molecule has 33 heavy (non-hydrogen) atoms. The standard InChI is InChI=1S/C25H27ClN2O4S/c26-24-8-4-3-7-22(24)18-33(30,31)28-14-11-20(12-15-28)25(29)27-13-16-32-23-10-9-19-5-1-2-6-21(19)17-23/h1-10,17,20H,11-16,18H2,(H,27,29). The predicted octanol–water partition coefficient (Wildman–Crippen LogP) is 4.23. The number of nitrogens with zero attached hydrogens (tertiary/aromatic N) is 1. The van der Waals surface area contributed by atoms with E-state index in [1.165, 1.54) is 4.31 Å². The van der Waals surface area contributed by atoms with Crippen molar-refractivity contribution in [3.05, 3.63) is 77.3 Å². The van der Waals surface area contributed by atoms with Crippen molar-refractivity contribution in [2.24, 2.45) is 5.92 Å². The largest absolute Gasteiger partial charge is 0.492 e. The van der Waals surface area contributed by atoms with Gasteiger partial charge < -0.3 is 10.1 Å². The Morgan fingerprint density at radius 1 is 1.00 bits per heavy atom. The molecule has 1 fully saturated rings. The highest BCUT2D eigenvalue weighted by Gasteiger charge is 2.31. The summed E-state index contributed by atoms with van der Waals surface area (Å²) in [6.07, 6.45) is 0.998. The Hall–Kier alpha value is -2.61. The van der Waals surface area contributed by atoms with Crippen LogP contribution in [0.4, 0.5) is 0 Å². The topological polar surface area (TPSA) is 75.7 Å². The number of fused-ring (bicyclic) bond motifs is 1. The predicted molar refractivity (Wildman–Crippen MR) is 131 cm³/mol. The SMILES string of the molecule is O=C(NCCOc1ccc2ccccc2c1)C1CCN(S(=O)(=O)Cc2ccccc2Cl)CC1. The molecule has 0 aromatic heterocycles. The summed E-state index contributed by atoms with van der Waals surface area (Å²) >= 11 is 6.11. The quantitative estimate of drug-likeness (QED) is 0.483. The number of amides is 1. The summed E-state index contributed by atoms with van der Waals surface area (Å²) in [5.41, 5.74) is 0.588. The minimum atomic E-state index is -3.48. The van der Waals surface area contributed by atoms with Crippen molar-refractivity contribution in [2.45, 2.75) is 18.6 Å². The van der Waals surface area contributed by atoms with Crippen LogP contribution in [0.25, 0.3) is 10.8 Å². The van der Waals surface area contributed by atoms with Crippen molar-refractivity contribution >= 4 is 38.3 Å². The second kappa shape index (κ2) is 10.5. The van der Waals surface area contributed by atoms with Crippen molar-refractivity contribution in [1.29, 1.82) is 0 Å². The van der Waals surface area contributed by atoms with Crippen molar-refractivity contribution < 1.29 is 17.9 Å². The van der Waals surface area contributed by atoms with Crippen LogP contribution >= 0.6 is 11.6 Å². The maximum Gasteiger partial charge on any atom is 0.223 e. The van der Waals surface area contributed by atoms with Gasteiger partial charge >= 0.3 is 0 Å². The molecule has 3 aromatic rings. The summed E-state index contributed by atoms with van der Waals surface area (Å²) in [6.45, 7) is 1.43. The van der Waals surface area contributed by atoms with Gasteiger partial charge in [-0.05, 0) is 47.4 Å². The van der Waals surface area contributed by atoms with Gasteiger partial charge in [-0.25, -0.2) is 12.7 Å². The third kappa shape index (κ3) is 6.05. The number of rotatable bonds is 8. The van der Waals surface area contributed by atoms with Crippen LogP contribution in [0.3, 0.4) is 0 Å². The van der Waals surface area contributed by atoms with E-state index in [1.807, 2.05) is 42.5 Å². The molecular formula is C25H27ClN2O4S. The molecule has 1 amide bonds. The van der Waals surface area contributed by atoms with E-state index in [9.17, 15) is 13.2 Å². The first-order chi connectivity index (χ1) is 15.9. The minimum Gasteiger partial charge on any atom is -0.492 e. The zero-order chi connectivity index (χ0) is 23.3. The highest BCUT2D eigenvalue weighted by Crippen LogP contribution is 2.24. The van der Waals surface area contributed by atoms with Gasteiger partial charge in [0.25, 0.3) is 0 Å². The van der Waals surface area contributed by atoms with Crippen LogP contribution in [-0.2, 0) is 20.6 Å². The summed E-state index contributed by atoms with van der Waals surface area (Å²) in [4.78, 5) is 12.5. The number of ether oxygens (including phenoxy) is 1. The highest BCUT2D eigenvalue weighted by molar-refractivity contribution is 7.88. The Morgan fingerprint density at radius 3 is 2.45 bits per heavy atom. The maximum absolute atomic E-state index is 12.8. The van der Waals surface area contributed by atoms with Gasteiger partial charge in [-0.15, -0.1) is 0 Å². The summed E-state index contributed by atoms with van der Waals surface area (Å²) in [5.74, 6) is 0.382. The van der Waals surface area contributed by atoms with E-state index in [0.717, 1.165) is 16.5 Å². The molecular weight excluding hydrogens is 460 g/mol. The number of benzene rings is 3. The van der Waals surface area contributed by atoms with Crippen LogP contribution < -0.4 is 10.1 Å². The first kappa shape index (κ1) is 23.5. The van der Waals surface area contributed by atoms with Crippen LogP contribution in [-0.4, -0.2) is 44.9 Å². The second-order valence-electron chi connectivity index (χ2n) is 8.17. The van der Waals surface area contributed by atoms with Crippen LogP contribution in [0.15, 0.2) is 66.7 Å². The molecule has 0 radical (unpaired) electrons. The Bertz CT molecular complexity index is 1220. The first-order valence-corrected chi connectivity index (χ1v) is 13.0. The monoisotopic (exact) mass is 486 g/mol. The number of carbonyl (C=O) groups excluding carboxylic acids is 1. The molecule has 174 valence electrons. The molecule has 0 spiro atoms. The molecule has 0 atom stereocenters.